The summed E-state index contributed by atoms with van der Waals surface area (Å²) in [4.78, 5) is 62.8. The van der Waals surface area contributed by atoms with Crippen LogP contribution < -0.4 is 9.80 Å². The Hall–Kier alpha value is -5.67. The summed E-state index contributed by atoms with van der Waals surface area (Å²) in [5.74, 6) is -1.28. The molecule has 57 heavy (non-hydrogen) atoms. The van der Waals surface area contributed by atoms with Crippen LogP contribution in [-0.2, 0) is 15.1 Å². The number of benzene rings is 3. The Morgan fingerprint density at radius 1 is 0.930 bits per heavy atom. The third kappa shape index (κ3) is 6.42. The van der Waals surface area contributed by atoms with Crippen LogP contribution in [0.3, 0.4) is 0 Å². The highest BCUT2D eigenvalue weighted by Gasteiger charge is 2.52. The van der Waals surface area contributed by atoms with E-state index in [-0.39, 0.29) is 41.7 Å². The van der Waals surface area contributed by atoms with E-state index in [1.807, 2.05) is 18.7 Å². The van der Waals surface area contributed by atoms with Gasteiger partial charge in [-0.15, -0.1) is 0 Å². The highest BCUT2D eigenvalue weighted by molar-refractivity contribution is 6.24. The number of imide groups is 1. The molecule has 292 valence electrons. The van der Waals surface area contributed by atoms with Gasteiger partial charge >= 0.3 is 0 Å². The van der Waals surface area contributed by atoms with Crippen molar-refractivity contribution in [2.24, 2.45) is 5.92 Å². The molecule has 4 fully saturated rings. The van der Waals surface area contributed by atoms with E-state index in [9.17, 15) is 19.2 Å². The fourth-order valence-corrected chi connectivity index (χ4v) is 9.51. The number of carbonyl (C=O) groups is 4. The Morgan fingerprint density at radius 3 is 2.26 bits per heavy atom. The van der Waals surface area contributed by atoms with Gasteiger partial charge in [0.05, 0.1) is 35.0 Å². The lowest BCUT2D eigenvalue weighted by Gasteiger charge is -2.49. The van der Waals surface area contributed by atoms with Crippen LogP contribution in [-0.4, -0.2) is 83.1 Å². The van der Waals surface area contributed by atoms with Crippen molar-refractivity contribution in [2.75, 3.05) is 42.5 Å². The minimum absolute atomic E-state index is 0.0294. The van der Waals surface area contributed by atoms with E-state index in [0.717, 1.165) is 101 Å². The first kappa shape index (κ1) is 36.9. The number of ketones is 2. The van der Waals surface area contributed by atoms with Crippen LogP contribution in [0.25, 0.3) is 16.0 Å². The van der Waals surface area contributed by atoms with Crippen LogP contribution in [0.1, 0.15) is 88.2 Å². The van der Waals surface area contributed by atoms with Gasteiger partial charge in [0.1, 0.15) is 17.4 Å². The Bertz CT molecular complexity index is 2340. The van der Waals surface area contributed by atoms with Gasteiger partial charge in [0.25, 0.3) is 17.4 Å². The number of fused-ring (bicyclic) bond motifs is 1. The Balaban J connectivity index is 0.878. The molecule has 4 heterocycles. The lowest BCUT2D eigenvalue weighted by atomic mass is 9.91. The van der Waals surface area contributed by atoms with E-state index in [0.29, 0.717) is 30.7 Å². The van der Waals surface area contributed by atoms with E-state index in [1.54, 1.807) is 0 Å². The molecule has 1 aromatic heterocycles. The number of likely N-dealkylation sites (tertiary alicyclic amines) is 1. The summed E-state index contributed by atoms with van der Waals surface area (Å²) in [6, 6.07) is 17.0. The fraction of sp³-hybridized carbons (Fsp3) is 0.422. The number of nitrogens with zero attached hydrogens (tertiary/aromatic N) is 6. The van der Waals surface area contributed by atoms with Crippen molar-refractivity contribution in [1.29, 1.82) is 0 Å². The summed E-state index contributed by atoms with van der Waals surface area (Å²) < 4.78 is 21.1. The number of aryl methyl sites for hydroxylation is 3. The van der Waals surface area contributed by atoms with E-state index >= 15 is 4.39 Å². The second kappa shape index (κ2) is 14.1. The summed E-state index contributed by atoms with van der Waals surface area (Å²) in [6.45, 7) is 17.7. The van der Waals surface area contributed by atoms with Crippen LogP contribution in [0.2, 0.25) is 0 Å². The lowest BCUT2D eigenvalue weighted by molar-refractivity contribution is -0.132. The number of anilines is 3. The van der Waals surface area contributed by atoms with Gasteiger partial charge in [0.2, 0.25) is 0 Å². The summed E-state index contributed by atoms with van der Waals surface area (Å²) in [6.07, 6.45) is 3.43. The smallest absolute Gasteiger partial charge is 0.262 e. The fourth-order valence-electron chi connectivity index (χ4n) is 9.51. The van der Waals surface area contributed by atoms with Gasteiger partial charge in [-0.3, -0.25) is 29.0 Å². The normalized spacial score (nSPS) is 21.1. The second-order valence-electron chi connectivity index (χ2n) is 16.6. The maximum atomic E-state index is 15.6. The van der Waals surface area contributed by atoms with Gasteiger partial charge < -0.3 is 19.2 Å². The third-order valence-corrected chi connectivity index (χ3v) is 13.0. The van der Waals surface area contributed by atoms with Crippen LogP contribution in [0.4, 0.5) is 21.5 Å². The molecule has 0 radical (unpaired) electrons. The van der Waals surface area contributed by atoms with Crippen LogP contribution in [0.15, 0.2) is 59.1 Å². The summed E-state index contributed by atoms with van der Waals surface area (Å²) in [7, 11) is 0. The zero-order chi connectivity index (χ0) is 39.7. The Kier molecular flexibility index (Phi) is 9.11. The molecule has 1 unspecified atom stereocenters. The predicted molar refractivity (Wildman–Crippen MR) is 212 cm³/mol. The van der Waals surface area contributed by atoms with Crippen LogP contribution >= 0.6 is 0 Å². The van der Waals surface area contributed by atoms with Crippen molar-refractivity contribution in [3.63, 3.8) is 0 Å². The van der Waals surface area contributed by atoms with E-state index in [2.05, 4.69) is 69.2 Å². The number of hydrogen-bond donors (Lipinski definition) is 0. The van der Waals surface area contributed by atoms with Crippen molar-refractivity contribution in [2.45, 2.75) is 83.3 Å². The molecule has 2 aliphatic carbocycles. The van der Waals surface area contributed by atoms with Crippen molar-refractivity contribution >= 4 is 40.4 Å². The quantitative estimate of drug-likeness (QED) is 0.0982. The van der Waals surface area contributed by atoms with E-state index in [4.69, 9.17) is 11.1 Å². The molecule has 0 spiro atoms. The topological polar surface area (TPSA) is 112 Å². The molecule has 2 saturated heterocycles. The van der Waals surface area contributed by atoms with Gasteiger partial charge in [-0.25, -0.2) is 11.0 Å². The van der Waals surface area contributed by atoms with E-state index in [1.165, 1.54) is 6.07 Å². The predicted octanol–water partition coefficient (Wildman–Crippen LogP) is 7.34. The van der Waals surface area contributed by atoms with Crippen molar-refractivity contribution in [3.05, 3.63) is 106 Å². The van der Waals surface area contributed by atoms with Gasteiger partial charge in [0, 0.05) is 86.4 Å². The zero-order valence-corrected chi connectivity index (χ0v) is 32.5. The lowest BCUT2D eigenvalue weighted by Crippen LogP contribution is -2.57. The Labute approximate surface area is 331 Å². The SMILES string of the molecule is [C-]#[N+]C1(c2ccc(N(CC3CN(C4CCN(c5cc6c(cc5F)C(=O)N(C5CCC(=O)CC5=O)C6=O)CC4)C3)c3cc(-c4c(C)noc4C)ccc3C)cc2)CC1. The molecule has 1 atom stereocenters. The molecule has 3 aliphatic heterocycles. The minimum atomic E-state index is -0.988. The maximum absolute atomic E-state index is 15.6. The molecule has 9 rings (SSSR count). The maximum Gasteiger partial charge on any atom is 0.262 e. The molecule has 0 N–H and O–H groups in total. The average Bonchev–Trinajstić information content (AvgIpc) is 3.87. The van der Waals surface area contributed by atoms with Gasteiger partial charge in [-0.2, -0.15) is 0 Å². The first-order valence-electron chi connectivity index (χ1n) is 20.0. The number of carbonyl (C=O) groups excluding carboxylic acids is 4. The zero-order valence-electron chi connectivity index (χ0n) is 32.5. The number of hydrogen-bond acceptors (Lipinski definition) is 9. The number of aromatic nitrogens is 1. The van der Waals surface area contributed by atoms with Crippen molar-refractivity contribution in [3.8, 4) is 11.1 Å². The summed E-state index contributed by atoms with van der Waals surface area (Å²) in [5.41, 5.74) is 7.39. The van der Waals surface area contributed by atoms with Crippen molar-refractivity contribution in [1.82, 2.24) is 15.0 Å². The number of piperidine rings is 1. The van der Waals surface area contributed by atoms with E-state index < -0.39 is 29.5 Å². The monoisotopic (exact) mass is 768 g/mol. The molecule has 3 aromatic carbocycles. The van der Waals surface area contributed by atoms with Crippen LogP contribution in [0, 0.1) is 39.1 Å². The van der Waals surface area contributed by atoms with Gasteiger partial charge in [-0.05, 0) is 93.6 Å². The van der Waals surface area contributed by atoms with Gasteiger partial charge in [0.15, 0.2) is 5.78 Å². The molecule has 4 aromatic rings. The molecule has 5 aliphatic rings. The molecule has 0 bridgehead atoms. The first-order chi connectivity index (χ1) is 27.4. The molecular weight excluding hydrogens is 724 g/mol. The molecule has 11 nitrogen and oxygen atoms in total. The first-order valence-corrected chi connectivity index (χ1v) is 20.0. The average molecular weight is 769 g/mol. The second-order valence-corrected chi connectivity index (χ2v) is 16.6. The molecular formula is C45H45FN6O5. The largest absolute Gasteiger partial charge is 0.369 e. The number of rotatable bonds is 9. The number of Topliss-reactive ketones (excluding diaryl/α,β-unsaturated/α-hetero) is 2. The summed E-state index contributed by atoms with van der Waals surface area (Å²) in [5, 5.41) is 4.20. The molecule has 2 amide bonds. The highest BCUT2D eigenvalue weighted by Crippen LogP contribution is 2.50. The molecule has 12 heteroatoms. The summed E-state index contributed by atoms with van der Waals surface area (Å²) >= 11 is 0. The third-order valence-electron chi connectivity index (χ3n) is 13.0. The standard InChI is InChI=1S/C45H45FN6O5/c1-26-5-6-30(42-27(2)48-57-28(42)3)19-39(26)51(33-9-7-31(8-10-33)45(47-4)15-16-45)25-29-23-50(24-29)32-13-17-49(18-14-32)40-22-36-35(21-37(40)46)43(55)52(44(36)56)38-12-11-34(53)20-41(38)54/h5-10,19,21-22,29,32,38H,11-18,20,23-25H2,1-3H3. The highest BCUT2D eigenvalue weighted by atomic mass is 19.1. The Morgan fingerprint density at radius 2 is 1.63 bits per heavy atom. The minimum Gasteiger partial charge on any atom is -0.369 e. The molecule has 2 saturated carbocycles. The number of halogens is 1. The van der Waals surface area contributed by atoms with Crippen LogP contribution in [0.5, 0.6) is 0 Å². The number of amides is 2. The van der Waals surface area contributed by atoms with Crippen molar-refractivity contribution < 1.29 is 28.1 Å². The van der Waals surface area contributed by atoms with Gasteiger partial charge in [-0.1, -0.05) is 17.3 Å².